The molecule has 0 aromatic carbocycles. The fraction of sp³-hybridized carbons (Fsp3) is 0.571. The van der Waals surface area contributed by atoms with Crippen LogP contribution < -0.4 is 5.32 Å². The summed E-state index contributed by atoms with van der Waals surface area (Å²) in [4.78, 5) is 15.7. The second-order valence-electron chi connectivity index (χ2n) is 5.44. The first-order valence-electron chi connectivity index (χ1n) is 6.67. The quantitative estimate of drug-likeness (QED) is 0.834. The van der Waals surface area contributed by atoms with Crippen LogP contribution in [0.4, 0.5) is 0 Å². The highest BCUT2D eigenvalue weighted by Gasteiger charge is 2.41. The van der Waals surface area contributed by atoms with E-state index in [4.69, 9.17) is 0 Å². The van der Waals surface area contributed by atoms with E-state index in [-0.39, 0.29) is 11.7 Å². The number of amides is 1. The minimum atomic E-state index is -0.193. The third kappa shape index (κ3) is 2.47. The SMILES string of the molecule is O=C(NCC(C1CC1)C1CC1)c1ccncc1O. The molecule has 2 saturated carbocycles. The Bertz CT molecular complexity index is 441. The predicted octanol–water partition coefficient (Wildman–Crippen LogP) is 1.95. The summed E-state index contributed by atoms with van der Waals surface area (Å²) in [5, 5.41) is 12.5. The van der Waals surface area contributed by atoms with Crippen LogP contribution in [0.1, 0.15) is 36.0 Å². The second-order valence-corrected chi connectivity index (χ2v) is 5.44. The summed E-state index contributed by atoms with van der Waals surface area (Å²) in [6, 6.07) is 1.55. The van der Waals surface area contributed by atoms with E-state index >= 15 is 0 Å². The molecule has 0 bridgehead atoms. The van der Waals surface area contributed by atoms with Gasteiger partial charge in [-0.15, -0.1) is 0 Å². The number of carbonyl (C=O) groups is 1. The predicted molar refractivity (Wildman–Crippen MR) is 67.2 cm³/mol. The van der Waals surface area contributed by atoms with Crippen molar-refractivity contribution >= 4 is 5.91 Å². The van der Waals surface area contributed by atoms with Crippen LogP contribution in [0.5, 0.6) is 5.75 Å². The Morgan fingerprint density at radius 1 is 1.39 bits per heavy atom. The van der Waals surface area contributed by atoms with E-state index in [1.807, 2.05) is 0 Å². The van der Waals surface area contributed by atoms with E-state index in [1.165, 1.54) is 38.1 Å². The molecule has 2 fully saturated rings. The zero-order chi connectivity index (χ0) is 12.5. The molecule has 0 radical (unpaired) electrons. The molecule has 0 atom stereocenters. The lowest BCUT2D eigenvalue weighted by molar-refractivity contribution is 0.0940. The summed E-state index contributed by atoms with van der Waals surface area (Å²) in [6.07, 6.45) is 8.09. The average Bonchev–Trinajstić information content (AvgIpc) is 3.24. The van der Waals surface area contributed by atoms with Gasteiger partial charge in [0.05, 0.1) is 11.8 Å². The summed E-state index contributed by atoms with van der Waals surface area (Å²) in [5.41, 5.74) is 0.315. The lowest BCUT2D eigenvalue weighted by Gasteiger charge is -2.16. The van der Waals surface area contributed by atoms with Crippen molar-refractivity contribution in [3.8, 4) is 5.75 Å². The van der Waals surface area contributed by atoms with Gasteiger partial charge >= 0.3 is 0 Å². The maximum atomic E-state index is 12.0. The molecule has 4 heteroatoms. The second kappa shape index (κ2) is 4.59. The Labute approximate surface area is 106 Å². The van der Waals surface area contributed by atoms with Crippen LogP contribution in [0.2, 0.25) is 0 Å². The van der Waals surface area contributed by atoms with E-state index in [0.717, 1.165) is 18.4 Å². The summed E-state index contributed by atoms with van der Waals surface area (Å²) in [5.74, 6) is 2.05. The Balaban J connectivity index is 1.59. The number of hydrogen-bond donors (Lipinski definition) is 2. The van der Waals surface area contributed by atoms with Gasteiger partial charge < -0.3 is 10.4 Å². The number of pyridine rings is 1. The molecular formula is C14H18N2O2. The Kier molecular flexibility index (Phi) is 2.94. The van der Waals surface area contributed by atoms with Gasteiger partial charge in [0.15, 0.2) is 0 Å². The highest BCUT2D eigenvalue weighted by Crippen LogP contribution is 2.48. The van der Waals surface area contributed by atoms with Crippen molar-refractivity contribution in [3.05, 3.63) is 24.0 Å². The standard InChI is InChI=1S/C14H18N2O2/c17-13-8-15-6-5-11(13)14(18)16-7-12(9-1-2-9)10-3-4-10/h5-6,8-10,12,17H,1-4,7H2,(H,16,18). The van der Waals surface area contributed by atoms with Crippen LogP contribution in [0, 0.1) is 17.8 Å². The van der Waals surface area contributed by atoms with Crippen LogP contribution in [0.15, 0.2) is 18.5 Å². The van der Waals surface area contributed by atoms with Crippen LogP contribution >= 0.6 is 0 Å². The lowest BCUT2D eigenvalue weighted by Crippen LogP contribution is -2.31. The first-order valence-corrected chi connectivity index (χ1v) is 6.67. The monoisotopic (exact) mass is 246 g/mol. The van der Waals surface area contributed by atoms with Gasteiger partial charge in [0.25, 0.3) is 5.91 Å². The number of carbonyl (C=O) groups excluding carboxylic acids is 1. The van der Waals surface area contributed by atoms with Crippen molar-refractivity contribution in [1.82, 2.24) is 10.3 Å². The zero-order valence-corrected chi connectivity index (χ0v) is 10.3. The van der Waals surface area contributed by atoms with Crippen molar-refractivity contribution in [2.45, 2.75) is 25.7 Å². The molecule has 2 aliphatic carbocycles. The molecular weight excluding hydrogens is 228 g/mol. The number of aromatic nitrogens is 1. The van der Waals surface area contributed by atoms with E-state index in [0.29, 0.717) is 11.5 Å². The molecule has 2 aliphatic rings. The van der Waals surface area contributed by atoms with Gasteiger partial charge in [0.2, 0.25) is 0 Å². The fourth-order valence-electron chi connectivity index (χ4n) is 2.65. The van der Waals surface area contributed by atoms with Crippen LogP contribution in [-0.2, 0) is 0 Å². The van der Waals surface area contributed by atoms with Gasteiger partial charge in [-0.25, -0.2) is 0 Å². The maximum Gasteiger partial charge on any atom is 0.255 e. The largest absolute Gasteiger partial charge is 0.505 e. The van der Waals surface area contributed by atoms with E-state index in [9.17, 15) is 9.90 Å². The summed E-state index contributed by atoms with van der Waals surface area (Å²) >= 11 is 0. The fourth-order valence-corrected chi connectivity index (χ4v) is 2.65. The number of rotatable bonds is 5. The van der Waals surface area contributed by atoms with Crippen molar-refractivity contribution in [1.29, 1.82) is 0 Å². The highest BCUT2D eigenvalue weighted by atomic mass is 16.3. The molecule has 1 heterocycles. The summed E-state index contributed by atoms with van der Waals surface area (Å²) < 4.78 is 0. The molecule has 4 nitrogen and oxygen atoms in total. The van der Waals surface area contributed by atoms with Gasteiger partial charge in [-0.1, -0.05) is 0 Å². The normalized spacial score (nSPS) is 18.9. The molecule has 1 aromatic rings. The molecule has 1 aromatic heterocycles. The first kappa shape index (κ1) is 11.5. The van der Waals surface area contributed by atoms with Crippen molar-refractivity contribution < 1.29 is 9.90 Å². The third-order valence-corrected chi connectivity index (χ3v) is 4.00. The first-order chi connectivity index (χ1) is 8.75. The Hall–Kier alpha value is -1.58. The Morgan fingerprint density at radius 3 is 2.61 bits per heavy atom. The topological polar surface area (TPSA) is 62.2 Å². The van der Waals surface area contributed by atoms with E-state index in [1.54, 1.807) is 6.07 Å². The van der Waals surface area contributed by atoms with Crippen molar-refractivity contribution in [2.24, 2.45) is 17.8 Å². The third-order valence-electron chi connectivity index (χ3n) is 4.00. The maximum absolute atomic E-state index is 12.0. The van der Waals surface area contributed by atoms with Gasteiger partial charge in [0, 0.05) is 12.7 Å². The molecule has 0 aliphatic heterocycles. The number of hydrogen-bond acceptors (Lipinski definition) is 3. The zero-order valence-electron chi connectivity index (χ0n) is 10.3. The summed E-state index contributed by atoms with van der Waals surface area (Å²) in [6.45, 7) is 0.746. The average molecular weight is 246 g/mol. The van der Waals surface area contributed by atoms with E-state index in [2.05, 4.69) is 10.3 Å². The molecule has 18 heavy (non-hydrogen) atoms. The summed E-state index contributed by atoms with van der Waals surface area (Å²) in [7, 11) is 0. The lowest BCUT2D eigenvalue weighted by atomic mass is 9.98. The van der Waals surface area contributed by atoms with Crippen LogP contribution in [0.3, 0.4) is 0 Å². The minimum Gasteiger partial charge on any atom is -0.505 e. The number of nitrogens with one attached hydrogen (secondary N) is 1. The molecule has 2 N–H and O–H groups in total. The molecule has 1 amide bonds. The highest BCUT2D eigenvalue weighted by molar-refractivity contribution is 5.96. The smallest absolute Gasteiger partial charge is 0.255 e. The van der Waals surface area contributed by atoms with Gasteiger partial charge in [-0.2, -0.15) is 0 Å². The van der Waals surface area contributed by atoms with Gasteiger partial charge in [0.1, 0.15) is 5.75 Å². The van der Waals surface area contributed by atoms with Crippen LogP contribution in [-0.4, -0.2) is 22.5 Å². The Morgan fingerprint density at radius 2 is 2.06 bits per heavy atom. The molecule has 0 unspecified atom stereocenters. The van der Waals surface area contributed by atoms with Crippen molar-refractivity contribution in [2.75, 3.05) is 6.54 Å². The molecule has 96 valence electrons. The number of nitrogens with zero attached hydrogens (tertiary/aromatic N) is 1. The molecule has 0 spiro atoms. The molecule has 0 saturated heterocycles. The minimum absolute atomic E-state index is 0.0515. The molecule has 3 rings (SSSR count). The van der Waals surface area contributed by atoms with Crippen molar-refractivity contribution in [3.63, 3.8) is 0 Å². The van der Waals surface area contributed by atoms with Gasteiger partial charge in [-0.3, -0.25) is 9.78 Å². The number of aromatic hydroxyl groups is 1. The van der Waals surface area contributed by atoms with Crippen LogP contribution in [0.25, 0.3) is 0 Å². The van der Waals surface area contributed by atoms with Gasteiger partial charge in [-0.05, 0) is 49.5 Å². The van der Waals surface area contributed by atoms with E-state index < -0.39 is 0 Å².